The van der Waals surface area contributed by atoms with Crippen molar-refractivity contribution in [1.29, 1.82) is 0 Å². The van der Waals surface area contributed by atoms with Crippen molar-refractivity contribution in [3.05, 3.63) is 77.3 Å². The zero-order valence-electron chi connectivity index (χ0n) is 16.0. The predicted octanol–water partition coefficient (Wildman–Crippen LogP) is 2.77. The number of aldehydes is 1. The third-order valence-corrected chi connectivity index (χ3v) is 4.71. The van der Waals surface area contributed by atoms with Crippen LogP contribution in [-0.2, 0) is 9.59 Å². The fraction of sp³-hybridized carbons (Fsp3) is 0.227. The molecule has 0 aliphatic carbocycles. The average Bonchev–Trinajstić information content (AvgIpc) is 3.37. The molecule has 0 bridgehead atoms. The van der Waals surface area contributed by atoms with Gasteiger partial charge in [0.1, 0.15) is 0 Å². The van der Waals surface area contributed by atoms with Gasteiger partial charge in [-0.1, -0.05) is 35.9 Å². The molecule has 0 spiro atoms. The van der Waals surface area contributed by atoms with E-state index in [1.54, 1.807) is 18.5 Å². The molecule has 1 aromatic heterocycles. The van der Waals surface area contributed by atoms with Crippen LogP contribution in [-0.4, -0.2) is 35.5 Å². The van der Waals surface area contributed by atoms with Crippen LogP contribution in [0, 0.1) is 6.92 Å². The number of nitrogens with zero attached hydrogens (tertiary/aromatic N) is 1. The molecule has 2 heterocycles. The molecule has 0 radical (unpaired) electrons. The summed E-state index contributed by atoms with van der Waals surface area (Å²) >= 11 is 0. The normalized spacial score (nSPS) is 18.1. The van der Waals surface area contributed by atoms with Crippen LogP contribution in [0.25, 0.3) is 11.1 Å². The Kier molecular flexibility index (Phi) is 6.22. The van der Waals surface area contributed by atoms with Crippen LogP contribution in [0.4, 0.5) is 0 Å². The van der Waals surface area contributed by atoms with Crippen LogP contribution in [0.1, 0.15) is 29.5 Å². The predicted molar refractivity (Wildman–Crippen MR) is 110 cm³/mol. The molecular weight excluding hydrogens is 352 g/mol. The van der Waals surface area contributed by atoms with Gasteiger partial charge in [0.2, 0.25) is 5.91 Å². The smallest absolute Gasteiger partial charge is 0.220 e. The van der Waals surface area contributed by atoms with E-state index in [0.717, 1.165) is 35.1 Å². The van der Waals surface area contributed by atoms with Gasteiger partial charge in [0.25, 0.3) is 0 Å². The van der Waals surface area contributed by atoms with E-state index in [2.05, 4.69) is 51.2 Å². The van der Waals surface area contributed by atoms with Crippen molar-refractivity contribution in [2.75, 3.05) is 7.05 Å². The van der Waals surface area contributed by atoms with Crippen molar-refractivity contribution < 1.29 is 9.59 Å². The monoisotopic (exact) mass is 376 g/mol. The first-order chi connectivity index (χ1) is 13.6. The maximum absolute atomic E-state index is 11.6. The largest absolute Gasteiger partial charge is 0.388 e. The molecule has 3 N–H and O–H groups in total. The van der Waals surface area contributed by atoms with E-state index in [-0.39, 0.29) is 11.9 Å². The number of hydrogen-bond donors (Lipinski definition) is 3. The topological polar surface area (TPSA) is 86.9 Å². The van der Waals surface area contributed by atoms with Gasteiger partial charge in [-0.25, -0.2) is 0 Å². The molecule has 6 nitrogen and oxygen atoms in total. The first-order valence-electron chi connectivity index (χ1n) is 9.23. The molecule has 1 fully saturated rings. The fourth-order valence-corrected chi connectivity index (χ4v) is 3.13. The lowest BCUT2D eigenvalue weighted by molar-refractivity contribution is -0.119. The summed E-state index contributed by atoms with van der Waals surface area (Å²) in [6, 6.07) is 8.22. The molecule has 6 heteroatoms. The fourth-order valence-electron chi connectivity index (χ4n) is 3.13. The minimum Gasteiger partial charge on any atom is -0.388 e. The van der Waals surface area contributed by atoms with Crippen LogP contribution in [0.15, 0.2) is 60.6 Å². The average molecular weight is 376 g/mol. The van der Waals surface area contributed by atoms with E-state index in [1.165, 1.54) is 5.56 Å². The van der Waals surface area contributed by atoms with Crippen molar-refractivity contribution in [3.63, 3.8) is 0 Å². The van der Waals surface area contributed by atoms with E-state index in [9.17, 15) is 9.59 Å². The number of carbonyl (C=O) groups excluding carboxylic acids is 2. The van der Waals surface area contributed by atoms with Crippen LogP contribution in [0.5, 0.6) is 0 Å². The van der Waals surface area contributed by atoms with Crippen LogP contribution >= 0.6 is 0 Å². The van der Waals surface area contributed by atoms with Gasteiger partial charge in [-0.05, 0) is 31.1 Å². The number of benzene rings is 1. The summed E-state index contributed by atoms with van der Waals surface area (Å²) in [4.78, 5) is 23.1. The second-order valence-corrected chi connectivity index (χ2v) is 6.72. The summed E-state index contributed by atoms with van der Waals surface area (Å²) in [5, 5.41) is 12.8. The number of likely N-dealkylation sites (N-methyl/N-ethyl adjacent to an activating group) is 1. The van der Waals surface area contributed by atoms with Gasteiger partial charge in [0.05, 0.1) is 6.20 Å². The first-order valence-corrected chi connectivity index (χ1v) is 9.23. The Morgan fingerprint density at radius 1 is 1.21 bits per heavy atom. The second kappa shape index (κ2) is 8.99. The van der Waals surface area contributed by atoms with Gasteiger partial charge in [0, 0.05) is 48.1 Å². The summed E-state index contributed by atoms with van der Waals surface area (Å²) in [6.45, 7) is 2.04. The molecule has 1 amide bonds. The molecule has 0 unspecified atom stereocenters. The molecule has 28 heavy (non-hydrogen) atoms. The van der Waals surface area contributed by atoms with Gasteiger partial charge >= 0.3 is 0 Å². The Balaban J connectivity index is 2.01. The van der Waals surface area contributed by atoms with E-state index >= 15 is 0 Å². The number of amides is 1. The van der Waals surface area contributed by atoms with Crippen molar-refractivity contribution in [1.82, 2.24) is 20.8 Å². The summed E-state index contributed by atoms with van der Waals surface area (Å²) in [5.74, 6) is 0.0718. The Hall–Kier alpha value is -3.41. The Labute approximate surface area is 164 Å². The van der Waals surface area contributed by atoms with Gasteiger partial charge < -0.3 is 10.6 Å². The number of aromatic nitrogens is 2. The van der Waals surface area contributed by atoms with Crippen molar-refractivity contribution >= 4 is 23.3 Å². The summed E-state index contributed by atoms with van der Waals surface area (Å²) in [6.07, 6.45) is 11.1. The number of H-pyrrole nitrogens is 1. The quantitative estimate of drug-likeness (QED) is 0.394. The van der Waals surface area contributed by atoms with Crippen molar-refractivity contribution in [2.24, 2.45) is 0 Å². The summed E-state index contributed by atoms with van der Waals surface area (Å²) in [5.41, 5.74) is 5.30. The number of hydrogen-bond acceptors (Lipinski definition) is 4. The SMILES string of the molecule is CNC(=C\C=C(/C=O)c1cn[nH]c1)/C(=C/[C@H]1CCC(=O)N1)c1ccc(C)cc1. The number of rotatable bonds is 7. The van der Waals surface area contributed by atoms with Crippen molar-refractivity contribution in [3.8, 4) is 0 Å². The third kappa shape index (κ3) is 4.65. The summed E-state index contributed by atoms with van der Waals surface area (Å²) in [7, 11) is 1.84. The number of aromatic amines is 1. The number of aryl methyl sites for hydroxylation is 1. The highest BCUT2D eigenvalue weighted by atomic mass is 16.1. The molecular formula is C22H24N4O2. The molecule has 1 atom stereocenters. The minimum absolute atomic E-state index is 0.0102. The highest BCUT2D eigenvalue weighted by molar-refractivity contribution is 6.07. The second-order valence-electron chi connectivity index (χ2n) is 6.72. The zero-order chi connectivity index (χ0) is 19.9. The maximum Gasteiger partial charge on any atom is 0.220 e. The Bertz CT molecular complexity index is 922. The van der Waals surface area contributed by atoms with Crippen molar-refractivity contribution in [2.45, 2.75) is 25.8 Å². The molecule has 0 saturated carbocycles. The standard InChI is InChI=1S/C22H24N4O2/c1-15-3-5-16(6-4-15)20(11-19-8-10-22(28)26-19)21(23-2)9-7-17(14-27)18-12-24-25-13-18/h3-7,9,11-14,19,23H,8,10H2,1-2H3,(H,24,25)(H,26,28)/b17-7+,20-11+,21-9-/t19-/m1/s1. The highest BCUT2D eigenvalue weighted by Crippen LogP contribution is 2.25. The lowest BCUT2D eigenvalue weighted by atomic mass is 9.97. The number of nitrogens with one attached hydrogen (secondary N) is 3. The van der Waals surface area contributed by atoms with E-state index in [1.807, 2.05) is 20.0 Å². The van der Waals surface area contributed by atoms with Crippen LogP contribution in [0.3, 0.4) is 0 Å². The Morgan fingerprint density at radius 2 is 2.00 bits per heavy atom. The molecule has 144 valence electrons. The number of carbonyl (C=O) groups is 2. The van der Waals surface area contributed by atoms with E-state index < -0.39 is 0 Å². The molecule has 1 aliphatic rings. The molecule has 1 saturated heterocycles. The lowest BCUT2D eigenvalue weighted by Gasteiger charge is -2.15. The zero-order valence-corrected chi connectivity index (χ0v) is 16.0. The molecule has 1 aliphatic heterocycles. The Morgan fingerprint density at radius 3 is 2.57 bits per heavy atom. The minimum atomic E-state index is -0.0102. The number of allylic oxidation sites excluding steroid dienone is 4. The van der Waals surface area contributed by atoms with Crippen LogP contribution in [0.2, 0.25) is 0 Å². The third-order valence-electron chi connectivity index (χ3n) is 4.71. The highest BCUT2D eigenvalue weighted by Gasteiger charge is 2.20. The van der Waals surface area contributed by atoms with Gasteiger partial charge in [-0.3, -0.25) is 14.7 Å². The van der Waals surface area contributed by atoms with E-state index in [4.69, 9.17) is 0 Å². The first kappa shape index (κ1) is 19.4. The van der Waals surface area contributed by atoms with Gasteiger partial charge in [0.15, 0.2) is 6.29 Å². The molecule has 2 aromatic rings. The summed E-state index contributed by atoms with van der Waals surface area (Å²) < 4.78 is 0. The van der Waals surface area contributed by atoms with Gasteiger partial charge in [-0.2, -0.15) is 5.10 Å². The maximum atomic E-state index is 11.6. The van der Waals surface area contributed by atoms with Gasteiger partial charge in [-0.15, -0.1) is 0 Å². The lowest BCUT2D eigenvalue weighted by Crippen LogP contribution is -2.24. The molecule has 1 aromatic carbocycles. The molecule has 3 rings (SSSR count). The van der Waals surface area contributed by atoms with Crippen LogP contribution < -0.4 is 10.6 Å². The van der Waals surface area contributed by atoms with E-state index in [0.29, 0.717) is 12.0 Å².